The van der Waals surface area contributed by atoms with Crippen LogP contribution < -0.4 is 10.2 Å². The van der Waals surface area contributed by atoms with E-state index in [1.165, 1.54) is 212 Å². The number of rotatable bonds is 54. The Morgan fingerprint density at radius 3 is 1.26 bits per heavy atom. The van der Waals surface area contributed by atoms with Crippen LogP contribution in [0.1, 0.15) is 277 Å². The first-order valence-electron chi connectivity index (χ1n) is 29.5. The third-order valence-corrected chi connectivity index (χ3v) is 14.2. The maximum atomic E-state index is 12.9. The van der Waals surface area contributed by atoms with Gasteiger partial charge in [0.05, 0.1) is 39.9 Å². The van der Waals surface area contributed by atoms with Crippen molar-refractivity contribution in [1.82, 2.24) is 5.32 Å². The van der Waals surface area contributed by atoms with Gasteiger partial charge in [-0.05, 0) is 64.2 Å². The molecule has 0 bridgehead atoms. The Morgan fingerprint density at radius 2 is 0.855 bits per heavy atom. The topological polar surface area (TPSA) is 108 Å². The lowest BCUT2D eigenvalue weighted by molar-refractivity contribution is -0.870. The minimum absolute atomic E-state index is 0.00563. The van der Waals surface area contributed by atoms with E-state index in [4.69, 9.17) is 9.05 Å². The first kappa shape index (κ1) is 67.5. The highest BCUT2D eigenvalue weighted by molar-refractivity contribution is 7.45. The zero-order valence-corrected chi connectivity index (χ0v) is 47.2. The third kappa shape index (κ3) is 54.1. The monoisotopic (exact) mass is 991 g/mol. The number of nitrogens with zero attached hydrogens (tertiary/aromatic N) is 1. The van der Waals surface area contributed by atoms with Crippen LogP contribution in [0.3, 0.4) is 0 Å². The van der Waals surface area contributed by atoms with Crippen LogP contribution in [0.2, 0.25) is 0 Å². The first-order chi connectivity index (χ1) is 33.5. The molecule has 0 heterocycles. The largest absolute Gasteiger partial charge is 0.756 e. The molecule has 0 radical (unpaired) electrons. The Bertz CT molecular complexity index is 1260. The van der Waals surface area contributed by atoms with Crippen LogP contribution >= 0.6 is 7.82 Å². The summed E-state index contributed by atoms with van der Waals surface area (Å²) in [5.41, 5.74) is 0. The van der Waals surface area contributed by atoms with Crippen LogP contribution in [0.25, 0.3) is 0 Å². The van der Waals surface area contributed by atoms with Crippen molar-refractivity contribution >= 4 is 13.7 Å². The number of hydrogen-bond donors (Lipinski definition) is 2. The van der Waals surface area contributed by atoms with Gasteiger partial charge in [-0.15, -0.1) is 0 Å². The molecule has 0 aromatic rings. The fourth-order valence-corrected chi connectivity index (χ4v) is 9.34. The van der Waals surface area contributed by atoms with Crippen molar-refractivity contribution in [3.05, 3.63) is 48.6 Å². The van der Waals surface area contributed by atoms with Crippen LogP contribution in [-0.4, -0.2) is 68.5 Å². The average molecular weight is 992 g/mol. The van der Waals surface area contributed by atoms with E-state index < -0.39 is 26.6 Å². The molecular weight excluding hydrogens is 876 g/mol. The van der Waals surface area contributed by atoms with E-state index in [2.05, 4.69) is 55.6 Å². The van der Waals surface area contributed by atoms with E-state index in [1.54, 1.807) is 6.08 Å². The van der Waals surface area contributed by atoms with Crippen LogP contribution in [0.5, 0.6) is 0 Å². The molecule has 0 aliphatic carbocycles. The van der Waals surface area contributed by atoms with Crippen molar-refractivity contribution in [2.24, 2.45) is 0 Å². The molecule has 0 spiro atoms. The Balaban J connectivity index is 3.94. The number of hydrogen-bond acceptors (Lipinski definition) is 6. The number of carbonyl (C=O) groups is 1. The number of carbonyl (C=O) groups excluding carboxylic acids is 1. The molecule has 9 heteroatoms. The van der Waals surface area contributed by atoms with Gasteiger partial charge < -0.3 is 28.8 Å². The van der Waals surface area contributed by atoms with E-state index in [1.807, 2.05) is 27.2 Å². The Labute approximate surface area is 429 Å². The number of phosphoric acid groups is 1. The van der Waals surface area contributed by atoms with Crippen molar-refractivity contribution < 1.29 is 32.9 Å². The molecule has 0 saturated carbocycles. The lowest BCUT2D eigenvalue weighted by Gasteiger charge is -2.29. The Hall–Kier alpha value is -1.54. The molecule has 2 N–H and O–H groups in total. The average Bonchev–Trinajstić information content (AvgIpc) is 3.31. The highest BCUT2D eigenvalue weighted by Crippen LogP contribution is 2.38. The van der Waals surface area contributed by atoms with Gasteiger partial charge in [-0.2, -0.15) is 0 Å². The van der Waals surface area contributed by atoms with Crippen molar-refractivity contribution in [2.45, 2.75) is 289 Å². The number of aliphatic hydroxyl groups excluding tert-OH is 1. The zero-order chi connectivity index (χ0) is 50.6. The van der Waals surface area contributed by atoms with Crippen molar-refractivity contribution in [1.29, 1.82) is 0 Å². The predicted molar refractivity (Wildman–Crippen MR) is 298 cm³/mol. The highest BCUT2D eigenvalue weighted by atomic mass is 31.2. The standard InChI is InChI=1S/C60H115N2O6P/c1-6-8-10-12-14-16-18-20-21-22-23-24-25-26-27-28-29-30-31-32-33-34-35-36-37-38-39-40-41-42-44-46-48-50-52-54-60(64)61-58(57-68-69(65,66)67-56-55-62(3,4)5)59(63)53-51-49-47-45-43-19-17-15-13-11-9-7-2/h18,20,22-23,43,45,51,53,58-59,63H,6-17,19,21,24-42,44,46-50,52,54-57H2,1-5H3,(H-,61,64,65,66)/b20-18-,23-22-,45-43+,53-51+. The summed E-state index contributed by atoms with van der Waals surface area (Å²) in [6.07, 6.45) is 67.9. The molecular formula is C60H115N2O6P. The summed E-state index contributed by atoms with van der Waals surface area (Å²) < 4.78 is 23.3. The van der Waals surface area contributed by atoms with E-state index >= 15 is 0 Å². The second-order valence-electron chi connectivity index (χ2n) is 21.3. The van der Waals surface area contributed by atoms with Crippen LogP contribution in [-0.2, 0) is 18.4 Å². The lowest BCUT2D eigenvalue weighted by Crippen LogP contribution is -2.45. The minimum atomic E-state index is -4.60. The van der Waals surface area contributed by atoms with Gasteiger partial charge in [0.15, 0.2) is 0 Å². The van der Waals surface area contributed by atoms with Crippen molar-refractivity contribution in [2.75, 3.05) is 40.9 Å². The SMILES string of the molecule is CCCCCCC/C=C\C/C=C\CCCCCCCCCCCCCCCCCCCCCCCCCC(=O)NC(COP(=O)([O-])OCC[N+](C)(C)C)C(O)/C=C/CC/C=C/CCCCCCCC. The van der Waals surface area contributed by atoms with Gasteiger partial charge in [-0.1, -0.05) is 255 Å². The van der Waals surface area contributed by atoms with Gasteiger partial charge in [0.25, 0.3) is 7.82 Å². The summed E-state index contributed by atoms with van der Waals surface area (Å²) in [5.74, 6) is -0.205. The van der Waals surface area contributed by atoms with Gasteiger partial charge in [0, 0.05) is 6.42 Å². The fourth-order valence-electron chi connectivity index (χ4n) is 8.61. The molecule has 3 atom stereocenters. The fraction of sp³-hybridized carbons (Fsp3) is 0.850. The maximum Gasteiger partial charge on any atom is 0.268 e. The molecule has 0 aliphatic rings. The smallest absolute Gasteiger partial charge is 0.268 e. The summed E-state index contributed by atoms with van der Waals surface area (Å²) in [7, 11) is 1.25. The quantitative estimate of drug-likeness (QED) is 0.0272. The normalized spacial score (nSPS) is 14.2. The number of nitrogens with one attached hydrogen (secondary N) is 1. The van der Waals surface area contributed by atoms with Crippen LogP contribution in [0, 0.1) is 0 Å². The zero-order valence-electron chi connectivity index (χ0n) is 46.3. The molecule has 0 aromatic carbocycles. The molecule has 0 fully saturated rings. The van der Waals surface area contributed by atoms with E-state index in [0.717, 1.165) is 44.9 Å². The number of amides is 1. The predicted octanol–water partition coefficient (Wildman–Crippen LogP) is 17.3. The molecule has 0 rings (SSSR count). The van der Waals surface area contributed by atoms with E-state index in [-0.39, 0.29) is 12.5 Å². The molecule has 3 unspecified atom stereocenters. The van der Waals surface area contributed by atoms with Gasteiger partial charge >= 0.3 is 0 Å². The van der Waals surface area contributed by atoms with Gasteiger partial charge in [-0.3, -0.25) is 9.36 Å². The van der Waals surface area contributed by atoms with Crippen LogP contribution in [0.15, 0.2) is 48.6 Å². The third-order valence-electron chi connectivity index (χ3n) is 13.3. The lowest BCUT2D eigenvalue weighted by atomic mass is 10.0. The summed E-state index contributed by atoms with van der Waals surface area (Å²) >= 11 is 0. The Morgan fingerprint density at radius 1 is 0.507 bits per heavy atom. The Kier molecular flexibility index (Phi) is 50.2. The number of likely N-dealkylation sites (N-methyl/N-ethyl adjacent to an activating group) is 1. The van der Waals surface area contributed by atoms with Gasteiger partial charge in [0.1, 0.15) is 13.2 Å². The van der Waals surface area contributed by atoms with Crippen LogP contribution in [0.4, 0.5) is 0 Å². The van der Waals surface area contributed by atoms with Crippen molar-refractivity contribution in [3.63, 3.8) is 0 Å². The van der Waals surface area contributed by atoms with Gasteiger partial charge in [0.2, 0.25) is 5.91 Å². The van der Waals surface area contributed by atoms with Gasteiger partial charge in [-0.25, -0.2) is 0 Å². The van der Waals surface area contributed by atoms with Crippen molar-refractivity contribution in [3.8, 4) is 0 Å². The second-order valence-corrected chi connectivity index (χ2v) is 22.8. The van der Waals surface area contributed by atoms with E-state index in [9.17, 15) is 19.4 Å². The summed E-state index contributed by atoms with van der Waals surface area (Å²) in [6, 6.07) is -0.901. The number of allylic oxidation sites excluding steroid dienone is 7. The number of phosphoric ester groups is 1. The highest BCUT2D eigenvalue weighted by Gasteiger charge is 2.23. The summed E-state index contributed by atoms with van der Waals surface area (Å²) in [6.45, 7) is 4.61. The molecule has 0 aliphatic heterocycles. The number of quaternary nitrogens is 1. The van der Waals surface area contributed by atoms with E-state index in [0.29, 0.717) is 17.4 Å². The molecule has 8 nitrogen and oxygen atoms in total. The molecule has 69 heavy (non-hydrogen) atoms. The molecule has 406 valence electrons. The summed E-state index contributed by atoms with van der Waals surface area (Å²) in [4.78, 5) is 25.4. The maximum absolute atomic E-state index is 12.9. The number of unbranched alkanes of at least 4 members (excludes halogenated alkanes) is 35. The minimum Gasteiger partial charge on any atom is -0.756 e. The molecule has 0 aromatic heterocycles. The molecule has 0 saturated heterocycles. The summed E-state index contributed by atoms with van der Waals surface area (Å²) in [5, 5.41) is 13.8. The number of aliphatic hydroxyl groups is 1. The second kappa shape index (κ2) is 51.4. The molecule has 1 amide bonds. The first-order valence-corrected chi connectivity index (χ1v) is 31.0.